The van der Waals surface area contributed by atoms with Crippen LogP contribution in [0.4, 0.5) is 10.5 Å². The van der Waals surface area contributed by atoms with Gasteiger partial charge in [0, 0.05) is 45.4 Å². The summed E-state index contributed by atoms with van der Waals surface area (Å²) in [6.07, 6.45) is 0.738. The van der Waals surface area contributed by atoms with Gasteiger partial charge < -0.3 is 20.6 Å². The molecule has 0 aliphatic carbocycles. The Kier molecular flexibility index (Phi) is 7.48. The second-order valence-electron chi connectivity index (χ2n) is 6.87. The number of aliphatic hydroxyl groups is 1. The second kappa shape index (κ2) is 9.82. The zero-order valence-electron chi connectivity index (χ0n) is 15.8. The molecule has 1 atom stereocenters. The Morgan fingerprint density at radius 3 is 2.46 bits per heavy atom. The molecule has 0 spiro atoms. The summed E-state index contributed by atoms with van der Waals surface area (Å²) < 4.78 is 0. The van der Waals surface area contributed by atoms with E-state index < -0.39 is 0 Å². The maximum absolute atomic E-state index is 12.0. The molecule has 0 heterocycles. The van der Waals surface area contributed by atoms with E-state index in [2.05, 4.69) is 34.9 Å². The van der Waals surface area contributed by atoms with E-state index in [1.54, 1.807) is 0 Å². The largest absolute Gasteiger partial charge is 0.396 e. The van der Waals surface area contributed by atoms with Crippen molar-refractivity contribution in [3.05, 3.63) is 65.2 Å². The van der Waals surface area contributed by atoms with Crippen molar-refractivity contribution in [2.24, 2.45) is 5.92 Å². The van der Waals surface area contributed by atoms with E-state index in [4.69, 9.17) is 0 Å². The highest BCUT2D eigenvalue weighted by molar-refractivity contribution is 5.73. The summed E-state index contributed by atoms with van der Waals surface area (Å²) >= 11 is 0. The van der Waals surface area contributed by atoms with E-state index in [9.17, 15) is 9.90 Å². The van der Waals surface area contributed by atoms with Crippen LogP contribution in [0.1, 0.15) is 16.7 Å². The first kappa shape index (κ1) is 19.8. The Hall–Kier alpha value is -2.53. The molecule has 0 radical (unpaired) electrons. The topological polar surface area (TPSA) is 64.6 Å². The lowest BCUT2D eigenvalue weighted by Crippen LogP contribution is -2.39. The predicted octanol–water partition coefficient (Wildman–Crippen LogP) is 2.71. The van der Waals surface area contributed by atoms with Crippen LogP contribution in [-0.4, -0.2) is 38.4 Å². The Labute approximate surface area is 156 Å². The molecule has 2 rings (SSSR count). The van der Waals surface area contributed by atoms with Crippen LogP contribution >= 0.6 is 0 Å². The van der Waals surface area contributed by atoms with Gasteiger partial charge in [0.2, 0.25) is 0 Å². The number of nitrogens with one attached hydrogen (secondary N) is 2. The molecule has 0 saturated heterocycles. The van der Waals surface area contributed by atoms with Crippen LogP contribution in [0.25, 0.3) is 0 Å². The molecule has 0 unspecified atom stereocenters. The number of aliphatic hydroxyl groups excluding tert-OH is 1. The number of carbonyl (C=O) groups is 1. The summed E-state index contributed by atoms with van der Waals surface area (Å²) in [7, 11) is 3.98. The number of rotatable bonds is 8. The molecule has 0 aromatic heterocycles. The van der Waals surface area contributed by atoms with Crippen molar-refractivity contribution in [2.45, 2.75) is 19.9 Å². The Morgan fingerprint density at radius 1 is 1.08 bits per heavy atom. The third-order valence-corrected chi connectivity index (χ3v) is 4.33. The number of amides is 2. The third-order valence-electron chi connectivity index (χ3n) is 4.33. The first-order chi connectivity index (χ1) is 12.5. The Morgan fingerprint density at radius 2 is 1.81 bits per heavy atom. The van der Waals surface area contributed by atoms with Gasteiger partial charge in [-0.25, -0.2) is 4.79 Å². The highest BCUT2D eigenvalue weighted by atomic mass is 16.3. The number of anilines is 1. The lowest BCUT2D eigenvalue weighted by atomic mass is 9.99. The zero-order chi connectivity index (χ0) is 18.9. The second-order valence-corrected chi connectivity index (χ2v) is 6.87. The minimum Gasteiger partial charge on any atom is -0.396 e. The average Bonchev–Trinajstić information content (AvgIpc) is 2.65. The van der Waals surface area contributed by atoms with Crippen LogP contribution in [0, 0.1) is 12.8 Å². The quantitative estimate of drug-likeness (QED) is 0.682. The van der Waals surface area contributed by atoms with Crippen LogP contribution in [0.5, 0.6) is 0 Å². The molecule has 2 aromatic rings. The predicted molar refractivity (Wildman–Crippen MR) is 106 cm³/mol. The number of urea groups is 1. The minimum absolute atomic E-state index is 0.000486. The summed E-state index contributed by atoms with van der Waals surface area (Å²) in [5, 5.41) is 15.3. The van der Waals surface area contributed by atoms with Crippen molar-refractivity contribution in [3.63, 3.8) is 0 Å². The van der Waals surface area contributed by atoms with E-state index in [1.165, 1.54) is 5.56 Å². The van der Waals surface area contributed by atoms with E-state index in [1.807, 2.05) is 50.2 Å². The zero-order valence-corrected chi connectivity index (χ0v) is 15.8. The van der Waals surface area contributed by atoms with Crippen molar-refractivity contribution < 1.29 is 9.90 Å². The van der Waals surface area contributed by atoms with Crippen LogP contribution < -0.4 is 15.5 Å². The highest BCUT2D eigenvalue weighted by Gasteiger charge is 2.10. The van der Waals surface area contributed by atoms with Gasteiger partial charge in [0.05, 0.1) is 0 Å². The van der Waals surface area contributed by atoms with Crippen molar-refractivity contribution in [1.29, 1.82) is 0 Å². The third kappa shape index (κ3) is 6.41. The van der Waals surface area contributed by atoms with Crippen LogP contribution in [0.15, 0.2) is 48.5 Å². The fourth-order valence-corrected chi connectivity index (χ4v) is 2.69. The standard InChI is InChI=1S/C21H29N3O2/c1-16-7-9-17(10-8-16)11-19(15-25)14-23-21(26)22-13-18-5-4-6-20(12-18)24(2)3/h4-10,12,19,25H,11,13-15H2,1-3H3,(H2,22,23,26)/t19-/m0/s1. The monoisotopic (exact) mass is 355 g/mol. The van der Waals surface area contributed by atoms with Gasteiger partial charge in [0.25, 0.3) is 0 Å². The van der Waals surface area contributed by atoms with Gasteiger partial charge in [-0.2, -0.15) is 0 Å². The summed E-state index contributed by atoms with van der Waals surface area (Å²) in [4.78, 5) is 14.1. The van der Waals surface area contributed by atoms with Gasteiger partial charge in [-0.15, -0.1) is 0 Å². The molecular weight excluding hydrogens is 326 g/mol. The summed E-state index contributed by atoms with van der Waals surface area (Å²) in [5.41, 5.74) is 4.52. The Bertz CT molecular complexity index is 699. The summed E-state index contributed by atoms with van der Waals surface area (Å²) in [6.45, 7) is 3.00. The van der Waals surface area contributed by atoms with Gasteiger partial charge in [-0.1, -0.05) is 42.0 Å². The normalized spacial score (nSPS) is 11.7. The number of hydrogen-bond donors (Lipinski definition) is 3. The fraction of sp³-hybridized carbons (Fsp3) is 0.381. The molecule has 0 saturated carbocycles. The maximum atomic E-state index is 12.0. The molecule has 140 valence electrons. The summed E-state index contributed by atoms with van der Waals surface area (Å²) in [5.74, 6) is 0.000486. The molecule has 2 amide bonds. The Balaban J connectivity index is 1.77. The van der Waals surface area contributed by atoms with Crippen molar-refractivity contribution in [2.75, 3.05) is 32.1 Å². The molecule has 0 aliphatic heterocycles. The molecular formula is C21H29N3O2. The molecule has 2 aromatic carbocycles. The summed E-state index contributed by atoms with van der Waals surface area (Å²) in [6, 6.07) is 16.1. The van der Waals surface area contributed by atoms with Gasteiger partial charge in [0.1, 0.15) is 0 Å². The smallest absolute Gasteiger partial charge is 0.315 e. The molecule has 3 N–H and O–H groups in total. The number of benzene rings is 2. The van der Waals surface area contributed by atoms with E-state index in [0.29, 0.717) is 13.1 Å². The van der Waals surface area contributed by atoms with Crippen molar-refractivity contribution in [1.82, 2.24) is 10.6 Å². The van der Waals surface area contributed by atoms with Crippen molar-refractivity contribution in [3.8, 4) is 0 Å². The number of nitrogens with zero attached hydrogens (tertiary/aromatic N) is 1. The van der Waals surface area contributed by atoms with Crippen molar-refractivity contribution >= 4 is 11.7 Å². The minimum atomic E-state index is -0.220. The van der Waals surface area contributed by atoms with Gasteiger partial charge in [-0.3, -0.25) is 0 Å². The first-order valence-electron chi connectivity index (χ1n) is 8.92. The van der Waals surface area contributed by atoms with Gasteiger partial charge in [0.15, 0.2) is 0 Å². The van der Waals surface area contributed by atoms with Crippen LogP contribution in [0.2, 0.25) is 0 Å². The van der Waals surface area contributed by atoms with Gasteiger partial charge >= 0.3 is 6.03 Å². The number of carbonyl (C=O) groups excluding carboxylic acids is 1. The SMILES string of the molecule is Cc1ccc(C[C@H](CO)CNC(=O)NCc2cccc(N(C)C)c2)cc1. The highest BCUT2D eigenvalue weighted by Crippen LogP contribution is 2.13. The van der Waals surface area contributed by atoms with Gasteiger partial charge in [-0.05, 0) is 36.6 Å². The number of aryl methyl sites for hydroxylation is 1. The van der Waals surface area contributed by atoms with E-state index >= 15 is 0 Å². The molecule has 0 bridgehead atoms. The number of hydrogen-bond acceptors (Lipinski definition) is 3. The van der Waals surface area contributed by atoms with E-state index in [-0.39, 0.29) is 18.6 Å². The van der Waals surface area contributed by atoms with Crippen LogP contribution in [0.3, 0.4) is 0 Å². The maximum Gasteiger partial charge on any atom is 0.315 e. The lowest BCUT2D eigenvalue weighted by molar-refractivity contribution is 0.214. The molecule has 0 aliphatic rings. The first-order valence-corrected chi connectivity index (χ1v) is 8.92. The molecule has 5 nitrogen and oxygen atoms in total. The molecule has 26 heavy (non-hydrogen) atoms. The fourth-order valence-electron chi connectivity index (χ4n) is 2.69. The van der Waals surface area contributed by atoms with Crippen LogP contribution in [-0.2, 0) is 13.0 Å². The molecule has 0 fully saturated rings. The average molecular weight is 355 g/mol. The lowest BCUT2D eigenvalue weighted by Gasteiger charge is -2.16. The molecule has 5 heteroatoms. The van der Waals surface area contributed by atoms with E-state index in [0.717, 1.165) is 23.2 Å².